The topological polar surface area (TPSA) is 52.7 Å². The minimum absolute atomic E-state index is 0.140. The smallest absolute Gasteiger partial charge is 0.300 e. The van der Waals surface area contributed by atoms with Crippen LogP contribution in [0.1, 0.15) is 19.4 Å². The number of anilines is 1. The molecule has 1 aromatic rings. The van der Waals surface area contributed by atoms with Crippen molar-refractivity contribution in [2.45, 2.75) is 20.4 Å². The molecule has 1 aliphatic heterocycles. The van der Waals surface area contributed by atoms with Crippen LogP contribution in [0, 0.1) is 11.8 Å². The number of hydrogen-bond donors (Lipinski definition) is 1. The fraction of sp³-hybridized carbons (Fsp3) is 0.412. The average molecular weight is 299 g/mol. The van der Waals surface area contributed by atoms with Gasteiger partial charge in [-0.3, -0.25) is 14.5 Å². The minimum Gasteiger partial charge on any atom is -0.340 e. The molecule has 1 fully saturated rings. The van der Waals surface area contributed by atoms with Gasteiger partial charge < -0.3 is 10.2 Å². The number of benzene rings is 1. The maximum atomic E-state index is 11.5. The zero-order chi connectivity index (χ0) is 15.9. The Morgan fingerprint density at radius 2 is 1.95 bits per heavy atom. The number of rotatable bonds is 3. The van der Waals surface area contributed by atoms with Gasteiger partial charge in [-0.1, -0.05) is 18.1 Å². The van der Waals surface area contributed by atoms with Crippen molar-refractivity contribution in [1.82, 2.24) is 9.80 Å². The summed E-state index contributed by atoms with van der Waals surface area (Å²) in [6.07, 6.45) is 0. The van der Waals surface area contributed by atoms with Crippen molar-refractivity contribution in [3.8, 4) is 11.8 Å². The van der Waals surface area contributed by atoms with Crippen LogP contribution in [-0.4, -0.2) is 47.8 Å². The highest BCUT2D eigenvalue weighted by molar-refractivity contribution is 6.03. The summed E-state index contributed by atoms with van der Waals surface area (Å²) in [7, 11) is 0. The number of amides is 2. The molecule has 0 spiro atoms. The molecule has 1 N–H and O–H groups in total. The highest BCUT2D eigenvalue weighted by atomic mass is 16.2. The van der Waals surface area contributed by atoms with E-state index in [9.17, 15) is 9.59 Å². The van der Waals surface area contributed by atoms with Gasteiger partial charge in [-0.25, -0.2) is 0 Å². The van der Waals surface area contributed by atoms with E-state index in [2.05, 4.69) is 22.1 Å². The molecule has 1 aromatic carbocycles. The van der Waals surface area contributed by atoms with Gasteiger partial charge in [0.05, 0.1) is 0 Å². The van der Waals surface area contributed by atoms with Gasteiger partial charge in [0.25, 0.3) is 5.91 Å². The number of carbonyl (C=O) groups is 2. The van der Waals surface area contributed by atoms with E-state index in [0.717, 1.165) is 44.0 Å². The van der Waals surface area contributed by atoms with Crippen LogP contribution in [0.3, 0.4) is 0 Å². The van der Waals surface area contributed by atoms with Gasteiger partial charge in [0, 0.05) is 45.3 Å². The Kier molecular flexibility index (Phi) is 5.56. The number of carbonyl (C=O) groups excluding carboxylic acids is 2. The Balaban J connectivity index is 1.92. The Labute approximate surface area is 131 Å². The molecule has 0 saturated carbocycles. The second-order valence-corrected chi connectivity index (χ2v) is 5.31. The lowest BCUT2D eigenvalue weighted by Crippen LogP contribution is -2.47. The standard InChI is InChI=1S/C17H21N3O2/c1-3-5-17(22)18-16-7-4-6-15(12-16)13-19-8-10-20(11-9-19)14(2)21/h4,6-7,12H,8-11,13H2,1-2H3,(H,18,22). The van der Waals surface area contributed by atoms with E-state index in [-0.39, 0.29) is 11.8 Å². The van der Waals surface area contributed by atoms with Crippen molar-refractivity contribution in [3.05, 3.63) is 29.8 Å². The molecule has 1 heterocycles. The summed E-state index contributed by atoms with van der Waals surface area (Å²) in [4.78, 5) is 27.0. The Morgan fingerprint density at radius 1 is 1.23 bits per heavy atom. The first-order valence-electron chi connectivity index (χ1n) is 7.39. The van der Waals surface area contributed by atoms with Crippen LogP contribution >= 0.6 is 0 Å². The fourth-order valence-corrected chi connectivity index (χ4v) is 2.50. The van der Waals surface area contributed by atoms with Crippen LogP contribution < -0.4 is 5.32 Å². The zero-order valence-electron chi connectivity index (χ0n) is 13.1. The summed E-state index contributed by atoms with van der Waals surface area (Å²) in [6, 6.07) is 7.79. The van der Waals surface area contributed by atoms with Gasteiger partial charge in [-0.15, -0.1) is 0 Å². The molecule has 0 radical (unpaired) electrons. The van der Waals surface area contributed by atoms with E-state index < -0.39 is 0 Å². The van der Waals surface area contributed by atoms with Crippen molar-refractivity contribution in [2.24, 2.45) is 0 Å². The summed E-state index contributed by atoms with van der Waals surface area (Å²) < 4.78 is 0. The first-order chi connectivity index (χ1) is 10.6. The third kappa shape index (κ3) is 4.61. The molecule has 0 unspecified atom stereocenters. The summed E-state index contributed by atoms with van der Waals surface area (Å²) in [5, 5.41) is 2.76. The van der Waals surface area contributed by atoms with Crippen molar-refractivity contribution >= 4 is 17.5 Å². The summed E-state index contributed by atoms with van der Waals surface area (Å²) in [6.45, 7) is 7.36. The van der Waals surface area contributed by atoms with Crippen LogP contribution in [0.5, 0.6) is 0 Å². The number of nitrogens with zero attached hydrogens (tertiary/aromatic N) is 2. The van der Waals surface area contributed by atoms with Crippen molar-refractivity contribution < 1.29 is 9.59 Å². The molecule has 116 valence electrons. The lowest BCUT2D eigenvalue weighted by atomic mass is 10.1. The molecule has 22 heavy (non-hydrogen) atoms. The molecular weight excluding hydrogens is 278 g/mol. The zero-order valence-corrected chi connectivity index (χ0v) is 13.1. The SMILES string of the molecule is CC#CC(=O)Nc1cccc(CN2CCN(C(C)=O)CC2)c1. The number of nitrogens with one attached hydrogen (secondary N) is 1. The van der Waals surface area contributed by atoms with Crippen molar-refractivity contribution in [3.63, 3.8) is 0 Å². The quantitative estimate of drug-likeness (QED) is 0.856. The molecule has 0 bridgehead atoms. The third-order valence-corrected chi connectivity index (χ3v) is 3.65. The highest BCUT2D eigenvalue weighted by Gasteiger charge is 2.18. The van der Waals surface area contributed by atoms with E-state index in [0.29, 0.717) is 0 Å². The molecule has 2 amide bonds. The van der Waals surface area contributed by atoms with Crippen LogP contribution in [0.4, 0.5) is 5.69 Å². The van der Waals surface area contributed by atoms with Gasteiger partial charge in [-0.05, 0) is 30.5 Å². The van der Waals surface area contributed by atoms with Gasteiger partial charge in [0.15, 0.2) is 0 Å². The van der Waals surface area contributed by atoms with E-state index in [4.69, 9.17) is 0 Å². The molecule has 5 nitrogen and oxygen atoms in total. The second kappa shape index (κ2) is 7.62. The predicted molar refractivity (Wildman–Crippen MR) is 86.1 cm³/mol. The van der Waals surface area contributed by atoms with E-state index in [1.165, 1.54) is 0 Å². The molecule has 2 rings (SSSR count). The summed E-state index contributed by atoms with van der Waals surface area (Å²) in [5.41, 5.74) is 1.89. The lowest BCUT2D eigenvalue weighted by molar-refractivity contribution is -0.130. The van der Waals surface area contributed by atoms with Crippen LogP contribution in [-0.2, 0) is 16.1 Å². The van der Waals surface area contributed by atoms with Gasteiger partial charge in [0.1, 0.15) is 0 Å². The summed E-state index contributed by atoms with van der Waals surface area (Å²) >= 11 is 0. The molecule has 1 saturated heterocycles. The normalized spacial score (nSPS) is 14.9. The summed E-state index contributed by atoms with van der Waals surface area (Å²) in [5.74, 6) is 4.88. The van der Waals surface area contributed by atoms with E-state index >= 15 is 0 Å². The van der Waals surface area contributed by atoms with Crippen LogP contribution in [0.25, 0.3) is 0 Å². The third-order valence-electron chi connectivity index (χ3n) is 3.65. The van der Waals surface area contributed by atoms with Crippen molar-refractivity contribution in [2.75, 3.05) is 31.5 Å². The van der Waals surface area contributed by atoms with Crippen LogP contribution in [0.15, 0.2) is 24.3 Å². The maximum Gasteiger partial charge on any atom is 0.300 e. The Hall–Kier alpha value is -2.32. The molecular formula is C17H21N3O2. The van der Waals surface area contributed by atoms with Gasteiger partial charge >= 0.3 is 0 Å². The predicted octanol–water partition coefficient (Wildman–Crippen LogP) is 1.31. The molecule has 0 aliphatic carbocycles. The Bertz CT molecular complexity index is 608. The fourth-order valence-electron chi connectivity index (χ4n) is 2.50. The number of hydrogen-bond acceptors (Lipinski definition) is 3. The molecule has 5 heteroatoms. The highest BCUT2D eigenvalue weighted by Crippen LogP contribution is 2.14. The molecule has 0 atom stereocenters. The van der Waals surface area contributed by atoms with Gasteiger partial charge in [0.2, 0.25) is 5.91 Å². The lowest BCUT2D eigenvalue weighted by Gasteiger charge is -2.34. The first kappa shape index (κ1) is 16.1. The van der Waals surface area contributed by atoms with E-state index in [1.54, 1.807) is 13.8 Å². The van der Waals surface area contributed by atoms with Gasteiger partial charge in [-0.2, -0.15) is 0 Å². The molecule has 1 aliphatic rings. The monoisotopic (exact) mass is 299 g/mol. The first-order valence-corrected chi connectivity index (χ1v) is 7.39. The molecule has 0 aromatic heterocycles. The van der Waals surface area contributed by atoms with Crippen LogP contribution in [0.2, 0.25) is 0 Å². The largest absolute Gasteiger partial charge is 0.340 e. The maximum absolute atomic E-state index is 11.5. The average Bonchev–Trinajstić information content (AvgIpc) is 2.48. The van der Waals surface area contributed by atoms with Crippen molar-refractivity contribution in [1.29, 1.82) is 0 Å². The Morgan fingerprint density at radius 3 is 2.59 bits per heavy atom. The van der Waals surface area contributed by atoms with E-state index in [1.807, 2.05) is 29.2 Å². The minimum atomic E-state index is -0.297. The number of piperazine rings is 1. The second-order valence-electron chi connectivity index (χ2n) is 5.31.